The van der Waals surface area contributed by atoms with Crippen LogP contribution in [0.4, 0.5) is 5.69 Å². The van der Waals surface area contributed by atoms with Crippen molar-refractivity contribution in [3.8, 4) is 5.75 Å². The Kier molecular flexibility index (Phi) is 5.39. The second-order valence-corrected chi connectivity index (χ2v) is 4.48. The van der Waals surface area contributed by atoms with Crippen molar-refractivity contribution in [2.75, 3.05) is 45.3 Å². The zero-order valence-electron chi connectivity index (χ0n) is 11.9. The number of methoxy groups -OCH3 is 1. The zero-order chi connectivity index (χ0) is 15.1. The number of ether oxygens (including phenoxy) is 2. The molecule has 0 saturated carbocycles. The third kappa shape index (κ3) is 4.09. The van der Waals surface area contributed by atoms with Crippen LogP contribution in [0.2, 0.25) is 0 Å². The molecule has 1 aliphatic heterocycles. The van der Waals surface area contributed by atoms with Gasteiger partial charge in [0.15, 0.2) is 5.75 Å². The van der Waals surface area contributed by atoms with Gasteiger partial charge in [-0.15, -0.1) is 0 Å². The van der Waals surface area contributed by atoms with Crippen molar-refractivity contribution in [3.05, 3.63) is 23.8 Å². The Balaban J connectivity index is 1.90. The number of carbonyl (C=O) groups excluding carboxylic acids is 2. The summed E-state index contributed by atoms with van der Waals surface area (Å²) in [4.78, 5) is 23.6. The summed E-state index contributed by atoms with van der Waals surface area (Å²) in [5.74, 6) is -0.0669. The van der Waals surface area contributed by atoms with Gasteiger partial charge in [0.05, 0.1) is 24.4 Å². The second-order valence-electron chi connectivity index (χ2n) is 4.48. The van der Waals surface area contributed by atoms with Gasteiger partial charge in [0.2, 0.25) is 5.91 Å². The van der Waals surface area contributed by atoms with E-state index in [4.69, 9.17) is 9.47 Å². The molecule has 0 saturated heterocycles. The van der Waals surface area contributed by atoms with Crippen LogP contribution in [-0.4, -0.2) is 51.8 Å². The molecule has 2 amide bonds. The number of fused-ring (bicyclic) bond motifs is 1. The number of benzene rings is 1. The van der Waals surface area contributed by atoms with Gasteiger partial charge in [-0.3, -0.25) is 9.59 Å². The van der Waals surface area contributed by atoms with Crippen molar-refractivity contribution in [1.82, 2.24) is 10.6 Å². The maximum absolute atomic E-state index is 12.1. The van der Waals surface area contributed by atoms with Crippen LogP contribution in [0.1, 0.15) is 10.4 Å². The summed E-state index contributed by atoms with van der Waals surface area (Å²) in [5, 5.41) is 8.37. The Morgan fingerprint density at radius 3 is 3.05 bits per heavy atom. The maximum Gasteiger partial charge on any atom is 0.255 e. The molecule has 0 fully saturated rings. The van der Waals surface area contributed by atoms with Crippen molar-refractivity contribution in [3.63, 3.8) is 0 Å². The Morgan fingerprint density at radius 2 is 2.24 bits per heavy atom. The highest BCUT2D eigenvalue weighted by Gasteiger charge is 2.19. The predicted molar refractivity (Wildman–Crippen MR) is 77.6 cm³/mol. The highest BCUT2D eigenvalue weighted by Crippen LogP contribution is 2.30. The number of rotatable bonds is 6. The molecule has 1 aliphatic rings. The average molecular weight is 293 g/mol. The van der Waals surface area contributed by atoms with Crippen LogP contribution in [0.25, 0.3) is 0 Å². The van der Waals surface area contributed by atoms with Crippen LogP contribution in [-0.2, 0) is 9.53 Å². The standard InChI is InChI=1S/C14H19N3O4/c1-20-7-5-16-12(18)9-17-14(19)10-3-2-4-11-13(10)21-8-6-15-11/h2-4,15H,5-9H2,1H3,(H,16,18)(H,17,19). The number of para-hydroxylation sites is 1. The molecule has 0 aliphatic carbocycles. The lowest BCUT2D eigenvalue weighted by atomic mass is 10.1. The molecule has 1 heterocycles. The fraction of sp³-hybridized carbons (Fsp3) is 0.429. The Morgan fingerprint density at radius 1 is 1.38 bits per heavy atom. The molecule has 0 bridgehead atoms. The van der Waals surface area contributed by atoms with Gasteiger partial charge >= 0.3 is 0 Å². The molecule has 0 unspecified atom stereocenters. The summed E-state index contributed by atoms with van der Waals surface area (Å²) >= 11 is 0. The molecule has 1 aromatic rings. The molecule has 0 radical (unpaired) electrons. The first kappa shape index (κ1) is 15.1. The van der Waals surface area contributed by atoms with Gasteiger partial charge in [0.1, 0.15) is 6.61 Å². The minimum atomic E-state index is -0.336. The summed E-state index contributed by atoms with van der Waals surface area (Å²) in [6.07, 6.45) is 0. The quantitative estimate of drug-likeness (QED) is 0.642. The lowest BCUT2D eigenvalue weighted by Crippen LogP contribution is -2.38. The van der Waals surface area contributed by atoms with Gasteiger partial charge in [0.25, 0.3) is 5.91 Å². The third-order valence-electron chi connectivity index (χ3n) is 2.96. The molecule has 7 nitrogen and oxygen atoms in total. The minimum Gasteiger partial charge on any atom is -0.489 e. The van der Waals surface area contributed by atoms with Crippen LogP contribution in [0.3, 0.4) is 0 Å². The molecule has 114 valence electrons. The average Bonchev–Trinajstić information content (AvgIpc) is 2.52. The predicted octanol–water partition coefficient (Wildman–Crippen LogP) is -0.0167. The van der Waals surface area contributed by atoms with Crippen LogP contribution < -0.4 is 20.7 Å². The van der Waals surface area contributed by atoms with Crippen molar-refractivity contribution in [1.29, 1.82) is 0 Å². The summed E-state index contributed by atoms with van der Waals surface area (Å²) in [6.45, 7) is 1.98. The molecule has 1 aromatic carbocycles. The Bertz CT molecular complexity index is 519. The molecule has 21 heavy (non-hydrogen) atoms. The van der Waals surface area contributed by atoms with Gasteiger partial charge in [-0.05, 0) is 12.1 Å². The van der Waals surface area contributed by atoms with E-state index in [1.165, 1.54) is 0 Å². The van der Waals surface area contributed by atoms with E-state index in [0.717, 1.165) is 5.69 Å². The van der Waals surface area contributed by atoms with Crippen molar-refractivity contribution < 1.29 is 19.1 Å². The normalized spacial score (nSPS) is 12.6. The van der Waals surface area contributed by atoms with Gasteiger partial charge in [-0.25, -0.2) is 0 Å². The number of amides is 2. The van der Waals surface area contributed by atoms with E-state index in [-0.39, 0.29) is 18.4 Å². The van der Waals surface area contributed by atoms with E-state index >= 15 is 0 Å². The van der Waals surface area contributed by atoms with E-state index in [2.05, 4.69) is 16.0 Å². The number of anilines is 1. The summed E-state index contributed by atoms with van der Waals surface area (Å²) in [5.41, 5.74) is 1.21. The van der Waals surface area contributed by atoms with Crippen LogP contribution in [0.5, 0.6) is 5.75 Å². The van der Waals surface area contributed by atoms with Crippen molar-refractivity contribution in [2.45, 2.75) is 0 Å². The maximum atomic E-state index is 12.1. The molecule has 0 aromatic heterocycles. The fourth-order valence-corrected chi connectivity index (χ4v) is 1.96. The topological polar surface area (TPSA) is 88.7 Å². The smallest absolute Gasteiger partial charge is 0.255 e. The molecule has 2 rings (SSSR count). The molecule has 0 atom stereocenters. The lowest BCUT2D eigenvalue weighted by molar-refractivity contribution is -0.120. The van der Waals surface area contributed by atoms with Crippen molar-refractivity contribution in [2.24, 2.45) is 0 Å². The van der Waals surface area contributed by atoms with E-state index in [9.17, 15) is 9.59 Å². The van der Waals surface area contributed by atoms with Crippen molar-refractivity contribution >= 4 is 17.5 Å². The highest BCUT2D eigenvalue weighted by atomic mass is 16.5. The van der Waals surface area contributed by atoms with Crippen LogP contribution in [0, 0.1) is 0 Å². The minimum absolute atomic E-state index is 0.0837. The number of hydrogen-bond acceptors (Lipinski definition) is 5. The molecular weight excluding hydrogens is 274 g/mol. The van der Waals surface area contributed by atoms with Gasteiger partial charge in [-0.2, -0.15) is 0 Å². The zero-order valence-corrected chi connectivity index (χ0v) is 11.9. The van der Waals surface area contributed by atoms with Crippen LogP contribution in [0.15, 0.2) is 18.2 Å². The molecule has 0 spiro atoms. The number of hydrogen-bond donors (Lipinski definition) is 3. The van der Waals surface area contributed by atoms with E-state index in [1.807, 2.05) is 6.07 Å². The third-order valence-corrected chi connectivity index (χ3v) is 2.96. The lowest BCUT2D eigenvalue weighted by Gasteiger charge is -2.21. The van der Waals surface area contributed by atoms with E-state index < -0.39 is 0 Å². The van der Waals surface area contributed by atoms with E-state index in [0.29, 0.717) is 37.6 Å². The monoisotopic (exact) mass is 293 g/mol. The largest absolute Gasteiger partial charge is 0.489 e. The van der Waals surface area contributed by atoms with Gasteiger partial charge in [0, 0.05) is 20.2 Å². The molecular formula is C14H19N3O4. The first-order valence-electron chi connectivity index (χ1n) is 6.76. The van der Waals surface area contributed by atoms with Crippen LogP contribution >= 0.6 is 0 Å². The Labute approximate surface area is 123 Å². The number of nitrogens with one attached hydrogen (secondary N) is 3. The SMILES string of the molecule is COCCNC(=O)CNC(=O)c1cccc2c1OCCN2. The summed E-state index contributed by atoms with van der Waals surface area (Å²) in [7, 11) is 1.56. The van der Waals surface area contributed by atoms with Gasteiger partial charge < -0.3 is 25.4 Å². The second kappa shape index (κ2) is 7.49. The highest BCUT2D eigenvalue weighted by molar-refractivity contribution is 6.00. The van der Waals surface area contributed by atoms with Gasteiger partial charge in [-0.1, -0.05) is 6.07 Å². The summed E-state index contributed by atoms with van der Waals surface area (Å²) in [6, 6.07) is 5.29. The number of carbonyl (C=O) groups is 2. The molecule has 7 heteroatoms. The first-order valence-corrected chi connectivity index (χ1v) is 6.76. The van der Waals surface area contributed by atoms with E-state index in [1.54, 1.807) is 19.2 Å². The molecule has 3 N–H and O–H groups in total. The first-order chi connectivity index (χ1) is 10.2. The Hall–Kier alpha value is -2.28. The fourth-order valence-electron chi connectivity index (χ4n) is 1.96. The summed E-state index contributed by atoms with van der Waals surface area (Å²) < 4.78 is 10.3.